The van der Waals surface area contributed by atoms with E-state index in [1.807, 2.05) is 48.3 Å². The monoisotopic (exact) mass is 416 g/mol. The van der Waals surface area contributed by atoms with Crippen LogP contribution in [0.15, 0.2) is 42.5 Å². The van der Waals surface area contributed by atoms with Gasteiger partial charge in [-0.2, -0.15) is 0 Å². The minimum atomic E-state index is -0.799. The molecule has 1 heterocycles. The maximum Gasteiger partial charge on any atom is 0.162 e. The summed E-state index contributed by atoms with van der Waals surface area (Å²) in [5.74, 6) is 1.24. The lowest BCUT2D eigenvalue weighted by atomic mass is 10.0. The summed E-state index contributed by atoms with van der Waals surface area (Å²) >= 11 is 6.21. The average Bonchev–Trinajstić information content (AvgIpc) is 2.72. The fraction of sp³-hybridized carbons (Fsp3) is 0.318. The van der Waals surface area contributed by atoms with Crippen LogP contribution in [0.4, 0.5) is 0 Å². The zero-order valence-electron chi connectivity index (χ0n) is 16.7. The molecule has 0 saturated carbocycles. The van der Waals surface area contributed by atoms with Gasteiger partial charge in [-0.1, -0.05) is 23.7 Å². The number of hydrogen-bond acceptors (Lipinski definition) is 6. The van der Waals surface area contributed by atoms with Crippen LogP contribution in [0, 0.1) is 0 Å². The first kappa shape index (κ1) is 21.3. The highest BCUT2D eigenvalue weighted by Crippen LogP contribution is 2.35. The SMILES string of the molecule is COc1cc2cc(CN(C)CC(O)CO)c(-c3cccc(Cl)c3)nc2cc1OC. The van der Waals surface area contributed by atoms with Gasteiger partial charge in [0.2, 0.25) is 0 Å². The number of fused-ring (bicyclic) bond motifs is 1. The number of hydrogen-bond donors (Lipinski definition) is 2. The number of methoxy groups -OCH3 is 2. The van der Waals surface area contributed by atoms with Crippen LogP contribution in [0.3, 0.4) is 0 Å². The molecule has 6 nitrogen and oxygen atoms in total. The Morgan fingerprint density at radius 3 is 2.48 bits per heavy atom. The van der Waals surface area contributed by atoms with Crippen molar-refractivity contribution in [2.75, 3.05) is 34.4 Å². The summed E-state index contributed by atoms with van der Waals surface area (Å²) in [7, 11) is 5.08. The standard InChI is InChI=1S/C22H25ClN2O4/c1-25(12-18(27)13-26)11-16-7-15-9-20(28-2)21(29-3)10-19(15)24-22(16)14-5-4-6-17(23)8-14/h4-10,18,26-27H,11-13H2,1-3H3. The second-order valence-electron chi connectivity index (χ2n) is 6.94. The van der Waals surface area contributed by atoms with Crippen molar-refractivity contribution in [1.82, 2.24) is 9.88 Å². The highest BCUT2D eigenvalue weighted by atomic mass is 35.5. The van der Waals surface area contributed by atoms with E-state index in [1.54, 1.807) is 14.2 Å². The minimum absolute atomic E-state index is 0.279. The van der Waals surface area contributed by atoms with E-state index in [1.165, 1.54) is 0 Å². The molecular formula is C22H25ClN2O4. The third-order valence-electron chi connectivity index (χ3n) is 4.67. The number of nitrogens with zero attached hydrogens (tertiary/aromatic N) is 2. The van der Waals surface area contributed by atoms with E-state index < -0.39 is 6.10 Å². The van der Waals surface area contributed by atoms with E-state index in [-0.39, 0.29) is 6.61 Å². The Labute approximate surface area is 175 Å². The molecule has 0 fully saturated rings. The number of aliphatic hydroxyl groups excluding tert-OH is 2. The summed E-state index contributed by atoms with van der Waals surface area (Å²) in [6, 6.07) is 13.4. The van der Waals surface area contributed by atoms with Crippen LogP contribution in [0.25, 0.3) is 22.2 Å². The molecule has 3 rings (SSSR count). The van der Waals surface area contributed by atoms with E-state index in [0.29, 0.717) is 29.6 Å². The molecule has 1 atom stereocenters. The zero-order chi connectivity index (χ0) is 21.0. The summed E-state index contributed by atoms with van der Waals surface area (Å²) in [5.41, 5.74) is 3.46. The molecule has 29 heavy (non-hydrogen) atoms. The van der Waals surface area contributed by atoms with Crippen molar-refractivity contribution in [3.63, 3.8) is 0 Å². The fourth-order valence-electron chi connectivity index (χ4n) is 3.32. The van der Waals surface area contributed by atoms with E-state index in [9.17, 15) is 5.11 Å². The molecule has 0 radical (unpaired) electrons. The second-order valence-corrected chi connectivity index (χ2v) is 7.38. The summed E-state index contributed by atoms with van der Waals surface area (Å²) in [4.78, 5) is 6.83. The van der Waals surface area contributed by atoms with Crippen molar-refractivity contribution in [1.29, 1.82) is 0 Å². The van der Waals surface area contributed by atoms with Gasteiger partial charge in [0.25, 0.3) is 0 Å². The molecule has 0 bridgehead atoms. The first-order chi connectivity index (χ1) is 13.9. The third kappa shape index (κ3) is 4.97. The maximum atomic E-state index is 9.77. The molecule has 0 aliphatic carbocycles. The van der Waals surface area contributed by atoms with Gasteiger partial charge in [0, 0.05) is 35.1 Å². The number of benzene rings is 2. The van der Waals surface area contributed by atoms with Crippen molar-refractivity contribution in [2.24, 2.45) is 0 Å². The van der Waals surface area contributed by atoms with Gasteiger partial charge in [0.15, 0.2) is 11.5 Å². The van der Waals surface area contributed by atoms with Crippen molar-refractivity contribution < 1.29 is 19.7 Å². The van der Waals surface area contributed by atoms with Crippen LogP contribution in [0.1, 0.15) is 5.56 Å². The second kappa shape index (κ2) is 9.41. The van der Waals surface area contributed by atoms with Crippen LogP contribution in [-0.4, -0.2) is 60.6 Å². The van der Waals surface area contributed by atoms with Gasteiger partial charge in [-0.25, -0.2) is 4.98 Å². The zero-order valence-corrected chi connectivity index (χ0v) is 17.5. The topological polar surface area (TPSA) is 75.1 Å². The first-order valence-corrected chi connectivity index (χ1v) is 9.62. The highest BCUT2D eigenvalue weighted by Gasteiger charge is 2.16. The third-order valence-corrected chi connectivity index (χ3v) is 4.91. The molecule has 2 N–H and O–H groups in total. The number of aromatic nitrogens is 1. The van der Waals surface area contributed by atoms with Crippen LogP contribution in [-0.2, 0) is 6.54 Å². The van der Waals surface area contributed by atoms with Crippen molar-refractivity contribution in [2.45, 2.75) is 12.6 Å². The van der Waals surface area contributed by atoms with Crippen molar-refractivity contribution in [3.8, 4) is 22.8 Å². The van der Waals surface area contributed by atoms with Gasteiger partial charge in [-0.15, -0.1) is 0 Å². The van der Waals surface area contributed by atoms with Gasteiger partial charge < -0.3 is 19.7 Å². The Kier molecular flexibility index (Phi) is 6.92. The van der Waals surface area contributed by atoms with Crippen molar-refractivity contribution >= 4 is 22.5 Å². The quantitative estimate of drug-likeness (QED) is 0.586. The van der Waals surface area contributed by atoms with Gasteiger partial charge in [-0.3, -0.25) is 4.90 Å². The molecule has 1 unspecified atom stereocenters. The van der Waals surface area contributed by atoms with Crippen molar-refractivity contribution in [3.05, 3.63) is 53.1 Å². The Balaban J connectivity index is 2.13. The fourth-order valence-corrected chi connectivity index (χ4v) is 3.51. The summed E-state index contributed by atoms with van der Waals surface area (Å²) in [6.07, 6.45) is -0.799. The maximum absolute atomic E-state index is 9.77. The van der Waals surface area contributed by atoms with Crippen LogP contribution in [0.2, 0.25) is 5.02 Å². The summed E-state index contributed by atoms with van der Waals surface area (Å²) in [5, 5.41) is 20.5. The predicted molar refractivity (Wildman–Crippen MR) is 115 cm³/mol. The molecule has 2 aromatic carbocycles. The smallest absolute Gasteiger partial charge is 0.162 e. The Morgan fingerprint density at radius 1 is 1.10 bits per heavy atom. The molecule has 0 amide bonds. The first-order valence-electron chi connectivity index (χ1n) is 9.24. The Bertz CT molecular complexity index is 996. The van der Waals surface area contributed by atoms with Gasteiger partial charge in [-0.05, 0) is 36.9 Å². The summed E-state index contributed by atoms with van der Waals surface area (Å²) in [6.45, 7) is 0.601. The molecular weight excluding hydrogens is 392 g/mol. The van der Waals surface area contributed by atoms with Crippen LogP contribution in [0.5, 0.6) is 11.5 Å². The Morgan fingerprint density at radius 2 is 1.83 bits per heavy atom. The molecule has 0 saturated heterocycles. The highest BCUT2D eigenvalue weighted by molar-refractivity contribution is 6.30. The lowest BCUT2D eigenvalue weighted by Gasteiger charge is -2.21. The lowest BCUT2D eigenvalue weighted by molar-refractivity contribution is 0.0648. The number of likely N-dealkylation sites (N-methyl/N-ethyl adjacent to an activating group) is 1. The van der Waals surface area contributed by atoms with E-state index >= 15 is 0 Å². The van der Waals surface area contributed by atoms with E-state index in [2.05, 4.69) is 6.07 Å². The van der Waals surface area contributed by atoms with Gasteiger partial charge in [0.1, 0.15) is 0 Å². The summed E-state index contributed by atoms with van der Waals surface area (Å²) < 4.78 is 10.8. The molecule has 1 aromatic heterocycles. The molecule has 0 aliphatic rings. The predicted octanol–water partition coefficient (Wildman–Crippen LogP) is 3.36. The number of pyridine rings is 1. The lowest BCUT2D eigenvalue weighted by Crippen LogP contribution is -2.31. The molecule has 3 aromatic rings. The van der Waals surface area contributed by atoms with E-state index in [0.717, 1.165) is 27.7 Å². The number of aliphatic hydroxyl groups is 2. The van der Waals surface area contributed by atoms with Gasteiger partial charge >= 0.3 is 0 Å². The van der Waals surface area contributed by atoms with Crippen LogP contribution < -0.4 is 9.47 Å². The minimum Gasteiger partial charge on any atom is -0.493 e. The van der Waals surface area contributed by atoms with Gasteiger partial charge in [0.05, 0.1) is 38.1 Å². The molecule has 0 spiro atoms. The normalized spacial score (nSPS) is 12.4. The van der Waals surface area contributed by atoms with E-state index in [4.69, 9.17) is 31.2 Å². The largest absolute Gasteiger partial charge is 0.493 e. The number of halogens is 1. The Hall–Kier alpha value is -2.38. The number of rotatable bonds is 8. The molecule has 0 aliphatic heterocycles. The molecule has 154 valence electrons. The van der Waals surface area contributed by atoms with Crippen LogP contribution >= 0.6 is 11.6 Å². The molecule has 7 heteroatoms. The number of ether oxygens (including phenoxy) is 2. The average molecular weight is 417 g/mol.